The fourth-order valence-corrected chi connectivity index (χ4v) is 2.68. The van der Waals surface area contributed by atoms with E-state index in [0.29, 0.717) is 25.2 Å². The van der Waals surface area contributed by atoms with Crippen molar-refractivity contribution in [1.29, 1.82) is 0 Å². The van der Waals surface area contributed by atoms with Crippen molar-refractivity contribution in [3.63, 3.8) is 0 Å². The number of unbranched alkanes of at least 4 members (excludes halogenated alkanes) is 2. The van der Waals surface area contributed by atoms with Crippen LogP contribution >= 0.6 is 0 Å². The summed E-state index contributed by atoms with van der Waals surface area (Å²) in [7, 11) is 0. The Morgan fingerprint density at radius 2 is 1.74 bits per heavy atom. The third kappa shape index (κ3) is 8.94. The van der Waals surface area contributed by atoms with E-state index in [4.69, 9.17) is 4.74 Å². The van der Waals surface area contributed by atoms with Gasteiger partial charge in [0.15, 0.2) is 0 Å². The minimum atomic E-state index is -0.450. The summed E-state index contributed by atoms with van der Waals surface area (Å²) in [6, 6.07) is 0. The van der Waals surface area contributed by atoms with Gasteiger partial charge in [-0.25, -0.2) is 4.79 Å². The van der Waals surface area contributed by atoms with Gasteiger partial charge in [0.2, 0.25) is 0 Å². The smallest absolute Gasteiger partial charge is 0.410 e. The average molecular weight is 326 g/mol. The Kier molecular flexibility index (Phi) is 8.59. The van der Waals surface area contributed by atoms with E-state index in [1.807, 2.05) is 20.8 Å². The van der Waals surface area contributed by atoms with Crippen LogP contribution in [0, 0.1) is 0 Å². The van der Waals surface area contributed by atoms with Crippen LogP contribution in [0.2, 0.25) is 0 Å². The molecule has 0 unspecified atom stereocenters. The Morgan fingerprint density at radius 1 is 1.00 bits per heavy atom. The number of rotatable bonds is 7. The molecule has 0 radical (unpaired) electrons. The summed E-state index contributed by atoms with van der Waals surface area (Å²) in [5.41, 5.74) is -0.450. The molecule has 0 N–H and O–H groups in total. The molecular weight excluding hydrogens is 292 g/mol. The molecule has 0 aromatic rings. The maximum Gasteiger partial charge on any atom is 0.410 e. The van der Waals surface area contributed by atoms with Crippen LogP contribution in [0.15, 0.2) is 0 Å². The summed E-state index contributed by atoms with van der Waals surface area (Å²) in [4.78, 5) is 28.1. The number of carbonyl (C=O) groups is 2. The SMILES string of the molecule is CCCCCC(=O)CCN1CCCN(C(=O)OC(C)(C)C)CC1. The van der Waals surface area contributed by atoms with Gasteiger partial charge in [0, 0.05) is 39.0 Å². The lowest BCUT2D eigenvalue weighted by atomic mass is 10.1. The van der Waals surface area contributed by atoms with Gasteiger partial charge < -0.3 is 14.5 Å². The number of carbonyl (C=O) groups excluding carboxylic acids is 2. The molecule has 1 heterocycles. The van der Waals surface area contributed by atoms with Crippen molar-refractivity contribution in [2.75, 3.05) is 32.7 Å². The van der Waals surface area contributed by atoms with Gasteiger partial charge in [-0.3, -0.25) is 4.79 Å². The highest BCUT2D eigenvalue weighted by molar-refractivity contribution is 5.78. The molecule has 23 heavy (non-hydrogen) atoms. The number of hydrogen-bond acceptors (Lipinski definition) is 4. The van der Waals surface area contributed by atoms with Crippen LogP contribution in [0.3, 0.4) is 0 Å². The number of ether oxygens (including phenoxy) is 1. The third-order valence-electron chi connectivity index (χ3n) is 4.01. The van der Waals surface area contributed by atoms with Gasteiger partial charge in [-0.15, -0.1) is 0 Å². The number of amides is 1. The largest absolute Gasteiger partial charge is 0.444 e. The molecule has 134 valence electrons. The fourth-order valence-electron chi connectivity index (χ4n) is 2.68. The minimum Gasteiger partial charge on any atom is -0.444 e. The van der Waals surface area contributed by atoms with Crippen molar-refractivity contribution in [2.45, 2.75) is 71.8 Å². The van der Waals surface area contributed by atoms with Crippen LogP contribution in [-0.4, -0.2) is 60.0 Å². The molecular formula is C18H34N2O3. The number of ketones is 1. The number of nitrogens with zero attached hydrogens (tertiary/aromatic N) is 2. The van der Waals surface area contributed by atoms with Crippen molar-refractivity contribution in [3.05, 3.63) is 0 Å². The standard InChI is InChI=1S/C18H34N2O3/c1-5-6-7-9-16(21)10-13-19-11-8-12-20(15-14-19)17(22)23-18(2,3)4/h5-15H2,1-4H3. The maximum absolute atomic E-state index is 12.1. The summed E-state index contributed by atoms with van der Waals surface area (Å²) in [5.74, 6) is 0.367. The highest BCUT2D eigenvalue weighted by Crippen LogP contribution is 2.12. The first-order valence-corrected chi connectivity index (χ1v) is 9.04. The van der Waals surface area contributed by atoms with Crippen LogP contribution in [-0.2, 0) is 9.53 Å². The van der Waals surface area contributed by atoms with Gasteiger partial charge in [-0.05, 0) is 40.2 Å². The second-order valence-corrected chi connectivity index (χ2v) is 7.41. The fraction of sp³-hybridized carbons (Fsp3) is 0.889. The molecule has 1 fully saturated rings. The minimum absolute atomic E-state index is 0.227. The van der Waals surface area contributed by atoms with Crippen molar-refractivity contribution in [2.24, 2.45) is 0 Å². The van der Waals surface area contributed by atoms with Crippen LogP contribution in [0.5, 0.6) is 0 Å². The van der Waals surface area contributed by atoms with Crippen molar-refractivity contribution < 1.29 is 14.3 Å². The molecule has 0 atom stereocenters. The monoisotopic (exact) mass is 326 g/mol. The zero-order chi connectivity index (χ0) is 17.3. The van der Waals surface area contributed by atoms with Crippen LogP contribution in [0.4, 0.5) is 4.79 Å². The van der Waals surface area contributed by atoms with Crippen molar-refractivity contribution in [1.82, 2.24) is 9.80 Å². The third-order valence-corrected chi connectivity index (χ3v) is 4.01. The molecule has 0 spiro atoms. The average Bonchev–Trinajstić information content (AvgIpc) is 2.69. The van der Waals surface area contributed by atoms with Crippen LogP contribution in [0.1, 0.15) is 66.2 Å². The van der Waals surface area contributed by atoms with E-state index in [0.717, 1.165) is 51.9 Å². The lowest BCUT2D eigenvalue weighted by Gasteiger charge is -2.26. The van der Waals surface area contributed by atoms with Gasteiger partial charge in [0.1, 0.15) is 11.4 Å². The van der Waals surface area contributed by atoms with Crippen molar-refractivity contribution >= 4 is 11.9 Å². The molecule has 1 rings (SSSR count). The molecule has 1 aliphatic rings. The molecule has 0 saturated carbocycles. The molecule has 1 amide bonds. The van der Waals surface area contributed by atoms with Crippen molar-refractivity contribution in [3.8, 4) is 0 Å². The Balaban J connectivity index is 2.29. The Labute approximate surface area is 141 Å². The molecule has 0 aliphatic carbocycles. The molecule has 1 saturated heterocycles. The van der Waals surface area contributed by atoms with E-state index >= 15 is 0 Å². The lowest BCUT2D eigenvalue weighted by molar-refractivity contribution is -0.119. The summed E-state index contributed by atoms with van der Waals surface area (Å²) in [5, 5.41) is 0. The number of hydrogen-bond donors (Lipinski definition) is 0. The quantitative estimate of drug-likeness (QED) is 0.672. The predicted molar refractivity (Wildman–Crippen MR) is 92.6 cm³/mol. The van der Waals surface area contributed by atoms with E-state index in [-0.39, 0.29) is 6.09 Å². The van der Waals surface area contributed by atoms with Gasteiger partial charge in [-0.1, -0.05) is 19.8 Å². The predicted octanol–water partition coefficient (Wildman–Crippen LogP) is 3.47. The summed E-state index contributed by atoms with van der Waals surface area (Å²) < 4.78 is 5.44. The molecule has 5 nitrogen and oxygen atoms in total. The first kappa shape index (κ1) is 19.9. The summed E-state index contributed by atoms with van der Waals surface area (Å²) in [6.07, 6.45) is 5.36. The highest BCUT2D eigenvalue weighted by atomic mass is 16.6. The Bertz CT molecular complexity index is 377. The van der Waals surface area contributed by atoms with Crippen LogP contribution in [0.25, 0.3) is 0 Å². The molecule has 5 heteroatoms. The Morgan fingerprint density at radius 3 is 2.39 bits per heavy atom. The second kappa shape index (κ2) is 9.91. The molecule has 1 aliphatic heterocycles. The van der Waals surface area contributed by atoms with Crippen LogP contribution < -0.4 is 0 Å². The zero-order valence-corrected chi connectivity index (χ0v) is 15.4. The van der Waals surface area contributed by atoms with Gasteiger partial charge >= 0.3 is 6.09 Å². The van der Waals surface area contributed by atoms with E-state index in [2.05, 4.69) is 11.8 Å². The molecule has 0 bridgehead atoms. The van der Waals surface area contributed by atoms with E-state index < -0.39 is 5.60 Å². The highest BCUT2D eigenvalue weighted by Gasteiger charge is 2.24. The van der Waals surface area contributed by atoms with Gasteiger partial charge in [0.05, 0.1) is 0 Å². The van der Waals surface area contributed by atoms with Gasteiger partial charge in [0.25, 0.3) is 0 Å². The van der Waals surface area contributed by atoms with E-state index in [1.165, 1.54) is 0 Å². The molecule has 0 aromatic carbocycles. The summed E-state index contributed by atoms with van der Waals surface area (Å²) in [6.45, 7) is 11.8. The lowest BCUT2D eigenvalue weighted by Crippen LogP contribution is -2.39. The topological polar surface area (TPSA) is 49.9 Å². The maximum atomic E-state index is 12.1. The normalized spacial score (nSPS) is 17.0. The molecule has 0 aromatic heterocycles. The Hall–Kier alpha value is -1.10. The number of Topliss-reactive ketones (excluding diaryl/α,β-unsaturated/α-hetero) is 1. The van der Waals surface area contributed by atoms with E-state index in [1.54, 1.807) is 4.90 Å². The summed E-state index contributed by atoms with van der Waals surface area (Å²) >= 11 is 0. The van der Waals surface area contributed by atoms with Gasteiger partial charge in [-0.2, -0.15) is 0 Å². The first-order valence-electron chi connectivity index (χ1n) is 9.04. The zero-order valence-electron chi connectivity index (χ0n) is 15.4. The van der Waals surface area contributed by atoms with E-state index in [9.17, 15) is 9.59 Å². The first-order chi connectivity index (χ1) is 10.8. The second-order valence-electron chi connectivity index (χ2n) is 7.41.